The molecule has 1 aliphatic heterocycles. The summed E-state index contributed by atoms with van der Waals surface area (Å²) >= 11 is 0. The number of hydrogen-bond acceptors (Lipinski definition) is 3. The van der Waals surface area contributed by atoms with Crippen molar-refractivity contribution < 1.29 is 17.9 Å². The quantitative estimate of drug-likeness (QED) is 0.917. The molecule has 108 valence electrons. The predicted octanol–water partition coefficient (Wildman–Crippen LogP) is 2.23. The van der Waals surface area contributed by atoms with Crippen molar-refractivity contribution in [3.8, 4) is 0 Å². The van der Waals surface area contributed by atoms with Gasteiger partial charge in [-0.1, -0.05) is 6.92 Å². The number of rotatable bonds is 4. The second-order valence-corrected chi connectivity index (χ2v) is 4.70. The van der Waals surface area contributed by atoms with Crippen LogP contribution in [0, 0.1) is 0 Å². The van der Waals surface area contributed by atoms with Crippen LogP contribution in [0.2, 0.25) is 0 Å². The lowest BCUT2D eigenvalue weighted by Crippen LogP contribution is -2.44. The van der Waals surface area contributed by atoms with Crippen LogP contribution in [0.5, 0.6) is 0 Å². The molecule has 1 fully saturated rings. The largest absolute Gasteiger partial charge is 0.419 e. The van der Waals surface area contributed by atoms with Gasteiger partial charge in [-0.3, -0.25) is 4.68 Å². The molecule has 2 atom stereocenters. The van der Waals surface area contributed by atoms with Crippen molar-refractivity contribution in [1.82, 2.24) is 15.1 Å². The number of nitrogens with one attached hydrogen (secondary N) is 1. The van der Waals surface area contributed by atoms with E-state index in [0.29, 0.717) is 13.2 Å². The fourth-order valence-electron chi connectivity index (χ4n) is 2.22. The fourth-order valence-corrected chi connectivity index (χ4v) is 2.22. The van der Waals surface area contributed by atoms with E-state index in [9.17, 15) is 13.2 Å². The van der Waals surface area contributed by atoms with E-state index in [2.05, 4.69) is 17.3 Å². The Hall–Kier alpha value is -1.08. The van der Waals surface area contributed by atoms with Crippen molar-refractivity contribution in [2.24, 2.45) is 0 Å². The molecule has 0 saturated carbocycles. The highest BCUT2D eigenvalue weighted by Crippen LogP contribution is 2.30. The average molecular weight is 277 g/mol. The molecule has 0 radical (unpaired) electrons. The summed E-state index contributed by atoms with van der Waals surface area (Å²) in [5.74, 6) is 0. The molecule has 0 aromatic carbocycles. The molecule has 0 spiro atoms. The van der Waals surface area contributed by atoms with Gasteiger partial charge in [0.2, 0.25) is 0 Å². The maximum atomic E-state index is 12.6. The van der Waals surface area contributed by atoms with Gasteiger partial charge in [-0.15, -0.1) is 0 Å². The van der Waals surface area contributed by atoms with Crippen molar-refractivity contribution in [2.45, 2.75) is 38.0 Å². The molecule has 0 amide bonds. The van der Waals surface area contributed by atoms with Crippen LogP contribution >= 0.6 is 0 Å². The first-order valence-electron chi connectivity index (χ1n) is 6.45. The van der Waals surface area contributed by atoms with Gasteiger partial charge in [0.15, 0.2) is 0 Å². The molecule has 2 rings (SSSR count). The Morgan fingerprint density at radius 2 is 2.32 bits per heavy atom. The van der Waals surface area contributed by atoms with Crippen LogP contribution in [-0.4, -0.2) is 35.6 Å². The minimum absolute atomic E-state index is 0.106. The molecular weight excluding hydrogens is 259 g/mol. The minimum Gasteiger partial charge on any atom is -0.379 e. The lowest BCUT2D eigenvalue weighted by atomic mass is 10.0. The highest BCUT2D eigenvalue weighted by atomic mass is 19.4. The molecule has 0 aliphatic carbocycles. The molecule has 7 heteroatoms. The lowest BCUT2D eigenvalue weighted by Gasteiger charge is -2.32. The highest BCUT2D eigenvalue weighted by Gasteiger charge is 2.34. The molecule has 1 aromatic rings. The summed E-state index contributed by atoms with van der Waals surface area (Å²) < 4.78 is 44.4. The van der Waals surface area contributed by atoms with Gasteiger partial charge >= 0.3 is 6.18 Å². The van der Waals surface area contributed by atoms with E-state index in [-0.39, 0.29) is 12.1 Å². The zero-order valence-electron chi connectivity index (χ0n) is 10.8. The summed E-state index contributed by atoms with van der Waals surface area (Å²) in [5, 5.41) is 7.19. The van der Waals surface area contributed by atoms with Crippen molar-refractivity contribution in [3.05, 3.63) is 18.0 Å². The molecule has 4 nitrogen and oxygen atoms in total. The van der Waals surface area contributed by atoms with Crippen LogP contribution in [0.3, 0.4) is 0 Å². The van der Waals surface area contributed by atoms with E-state index >= 15 is 0 Å². The number of alkyl halides is 3. The van der Waals surface area contributed by atoms with Crippen LogP contribution in [0.25, 0.3) is 0 Å². The van der Waals surface area contributed by atoms with E-state index < -0.39 is 11.7 Å². The van der Waals surface area contributed by atoms with Crippen LogP contribution in [0.15, 0.2) is 12.4 Å². The molecule has 2 unspecified atom stereocenters. The van der Waals surface area contributed by atoms with Gasteiger partial charge in [-0.05, 0) is 19.4 Å². The van der Waals surface area contributed by atoms with E-state index in [0.717, 1.165) is 31.8 Å². The summed E-state index contributed by atoms with van der Waals surface area (Å²) in [6.45, 7) is 3.91. The number of halogens is 3. The summed E-state index contributed by atoms with van der Waals surface area (Å²) in [6.07, 6.45) is -0.658. The van der Waals surface area contributed by atoms with Crippen LogP contribution in [0.1, 0.15) is 31.4 Å². The third-order valence-electron chi connectivity index (χ3n) is 3.25. The number of hydrogen-bond donors (Lipinski definition) is 1. The van der Waals surface area contributed by atoms with Crippen molar-refractivity contribution >= 4 is 0 Å². The summed E-state index contributed by atoms with van der Waals surface area (Å²) in [6, 6.07) is -0.0777. The summed E-state index contributed by atoms with van der Waals surface area (Å²) in [4.78, 5) is 0. The first-order valence-corrected chi connectivity index (χ1v) is 6.45. The topological polar surface area (TPSA) is 39.1 Å². The Kier molecular flexibility index (Phi) is 4.46. The Morgan fingerprint density at radius 1 is 1.53 bits per heavy atom. The summed E-state index contributed by atoms with van der Waals surface area (Å²) in [5.41, 5.74) is -0.715. The van der Waals surface area contributed by atoms with E-state index in [1.165, 1.54) is 4.68 Å². The predicted molar refractivity (Wildman–Crippen MR) is 63.8 cm³/mol. The standard InChI is InChI=1S/C12H18F3N3O/c1-2-4-16-10-3-5-19-8-11(10)18-7-9(6-17-18)12(13,14)15/h6-7,10-11,16H,2-5,8H2,1H3. The monoisotopic (exact) mass is 277 g/mol. The van der Waals surface area contributed by atoms with E-state index in [1.54, 1.807) is 0 Å². The number of aromatic nitrogens is 2. The SMILES string of the molecule is CCCNC1CCOCC1n1cc(C(F)(F)F)cn1. The average Bonchev–Trinajstić information content (AvgIpc) is 2.86. The number of ether oxygens (including phenoxy) is 1. The second kappa shape index (κ2) is 5.92. The molecule has 1 aliphatic rings. The van der Waals surface area contributed by atoms with Gasteiger partial charge in [0.05, 0.1) is 24.4 Å². The second-order valence-electron chi connectivity index (χ2n) is 4.70. The van der Waals surface area contributed by atoms with Crippen molar-refractivity contribution in [2.75, 3.05) is 19.8 Å². The highest BCUT2D eigenvalue weighted by molar-refractivity contribution is 5.09. The van der Waals surface area contributed by atoms with Crippen molar-refractivity contribution in [1.29, 1.82) is 0 Å². The molecular formula is C12H18F3N3O. The van der Waals surface area contributed by atoms with Gasteiger partial charge in [-0.25, -0.2) is 0 Å². The smallest absolute Gasteiger partial charge is 0.379 e. The molecule has 19 heavy (non-hydrogen) atoms. The van der Waals surface area contributed by atoms with Gasteiger partial charge in [-0.2, -0.15) is 18.3 Å². The van der Waals surface area contributed by atoms with Gasteiger partial charge < -0.3 is 10.1 Å². The molecule has 1 N–H and O–H groups in total. The van der Waals surface area contributed by atoms with Crippen LogP contribution in [0.4, 0.5) is 13.2 Å². The van der Waals surface area contributed by atoms with E-state index in [4.69, 9.17) is 4.74 Å². The van der Waals surface area contributed by atoms with Gasteiger partial charge in [0.25, 0.3) is 0 Å². The van der Waals surface area contributed by atoms with Crippen LogP contribution in [-0.2, 0) is 10.9 Å². The third kappa shape index (κ3) is 3.48. The van der Waals surface area contributed by atoms with Gasteiger partial charge in [0, 0.05) is 18.8 Å². The lowest BCUT2D eigenvalue weighted by molar-refractivity contribution is -0.137. The molecule has 0 bridgehead atoms. The van der Waals surface area contributed by atoms with Gasteiger partial charge in [0.1, 0.15) is 0 Å². The Morgan fingerprint density at radius 3 is 2.95 bits per heavy atom. The first-order chi connectivity index (χ1) is 9.02. The van der Waals surface area contributed by atoms with Crippen molar-refractivity contribution in [3.63, 3.8) is 0 Å². The molecule has 2 heterocycles. The zero-order valence-corrected chi connectivity index (χ0v) is 10.8. The van der Waals surface area contributed by atoms with E-state index in [1.807, 2.05) is 0 Å². The maximum Gasteiger partial charge on any atom is 0.419 e. The molecule has 1 aromatic heterocycles. The Labute approximate surface area is 109 Å². The first kappa shape index (κ1) is 14.3. The Balaban J connectivity index is 2.11. The van der Waals surface area contributed by atoms with Crippen LogP contribution < -0.4 is 5.32 Å². The zero-order chi connectivity index (χ0) is 13.9. The normalized spacial score (nSPS) is 24.6. The number of nitrogens with zero attached hydrogens (tertiary/aromatic N) is 2. The fraction of sp³-hybridized carbons (Fsp3) is 0.750. The summed E-state index contributed by atoms with van der Waals surface area (Å²) in [7, 11) is 0. The molecule has 1 saturated heterocycles. The minimum atomic E-state index is -4.35. The Bertz CT molecular complexity index is 405. The third-order valence-corrected chi connectivity index (χ3v) is 3.25. The maximum absolute atomic E-state index is 12.6.